The zero-order chi connectivity index (χ0) is 25.7. The number of hydrogen-bond acceptors (Lipinski definition) is 4. The molecule has 1 saturated carbocycles. The van der Waals surface area contributed by atoms with Gasteiger partial charge < -0.3 is 20.5 Å². The van der Waals surface area contributed by atoms with Gasteiger partial charge in [0, 0.05) is 43.4 Å². The van der Waals surface area contributed by atoms with Crippen molar-refractivity contribution in [2.75, 3.05) is 18.9 Å². The third-order valence-electron chi connectivity index (χ3n) is 6.39. The summed E-state index contributed by atoms with van der Waals surface area (Å²) in [5.41, 5.74) is -0.481. The van der Waals surface area contributed by atoms with E-state index in [1.54, 1.807) is 11.6 Å². The van der Waals surface area contributed by atoms with E-state index >= 15 is 0 Å². The van der Waals surface area contributed by atoms with Crippen molar-refractivity contribution >= 4 is 34.9 Å². The number of rotatable bonds is 7. The van der Waals surface area contributed by atoms with Crippen LogP contribution in [0.5, 0.6) is 0 Å². The molecule has 2 aliphatic rings. The Bertz CT molecular complexity index is 1210. The van der Waals surface area contributed by atoms with Crippen LogP contribution in [0.25, 0.3) is 0 Å². The quantitative estimate of drug-likeness (QED) is 0.228. The van der Waals surface area contributed by atoms with Crippen molar-refractivity contribution in [3.8, 4) is 0 Å². The lowest BCUT2D eigenvalue weighted by molar-refractivity contribution is -0.144. The molecule has 0 unspecified atom stereocenters. The molecule has 0 bridgehead atoms. The van der Waals surface area contributed by atoms with Crippen LogP contribution in [0.15, 0.2) is 12.1 Å². The van der Waals surface area contributed by atoms with Crippen molar-refractivity contribution in [2.45, 2.75) is 50.6 Å². The zero-order valence-electron chi connectivity index (χ0n) is 19.0. The van der Waals surface area contributed by atoms with Crippen molar-refractivity contribution in [1.29, 1.82) is 0 Å². The predicted molar refractivity (Wildman–Crippen MR) is 120 cm³/mol. The molecule has 1 aliphatic carbocycles. The van der Waals surface area contributed by atoms with Crippen LogP contribution in [-0.2, 0) is 17.8 Å². The van der Waals surface area contributed by atoms with Gasteiger partial charge in [0.2, 0.25) is 0 Å². The van der Waals surface area contributed by atoms with E-state index in [1.807, 2.05) is 0 Å². The molecule has 0 saturated heterocycles. The fourth-order valence-electron chi connectivity index (χ4n) is 5.08. The Morgan fingerprint density at radius 3 is 2.46 bits per heavy atom. The number of hydrogen-bond donors (Lipinski definition) is 3. The average Bonchev–Trinajstić information content (AvgIpc) is 3.29. The van der Waals surface area contributed by atoms with Crippen LogP contribution in [0.3, 0.4) is 0 Å². The Labute approximate surface area is 203 Å². The highest BCUT2D eigenvalue weighted by atomic mass is 35.5. The molecule has 35 heavy (non-hydrogen) atoms. The Kier molecular flexibility index (Phi) is 6.43. The number of Topliss-reactive ketones (excluding diaryl/α,β-unsaturated/α-hetero) is 1. The number of aromatic nitrogens is 1. The molecule has 12 heteroatoms. The third-order valence-corrected chi connectivity index (χ3v) is 6.66. The SMILES string of the molecule is CNCC1(NC(=O)C(=O)c2c(C)c(C(=O)Nc3cc(F)c(F)c(Cl)c3)n3c2CCC3)CC(F)(F)C1. The lowest BCUT2D eigenvalue weighted by atomic mass is 9.73. The van der Waals surface area contributed by atoms with Gasteiger partial charge in [0.05, 0.1) is 16.1 Å². The van der Waals surface area contributed by atoms with Crippen LogP contribution in [0.4, 0.5) is 23.2 Å². The van der Waals surface area contributed by atoms with E-state index in [2.05, 4.69) is 16.0 Å². The minimum atomic E-state index is -2.92. The first-order chi connectivity index (χ1) is 16.4. The number of carbonyl (C=O) groups excluding carboxylic acids is 3. The largest absolute Gasteiger partial charge is 0.342 e. The maximum Gasteiger partial charge on any atom is 0.292 e. The standard InChI is InChI=1S/C23H23ClF4N4O3/c1-11-16(19(33)21(35)31-22(10-29-2)8-23(27,28)9-22)15-4-3-5-32(15)18(11)20(34)30-12-6-13(24)17(26)14(25)7-12/h6-7,29H,3-5,8-10H2,1-2H3,(H,30,34)(H,31,35). The minimum Gasteiger partial charge on any atom is -0.342 e. The van der Waals surface area contributed by atoms with Crippen molar-refractivity contribution in [2.24, 2.45) is 0 Å². The summed E-state index contributed by atoms with van der Waals surface area (Å²) in [5, 5.41) is 7.16. The van der Waals surface area contributed by atoms with E-state index in [0.717, 1.165) is 12.1 Å². The molecule has 0 spiro atoms. The number of benzene rings is 1. The van der Waals surface area contributed by atoms with Crippen molar-refractivity contribution in [1.82, 2.24) is 15.2 Å². The van der Waals surface area contributed by atoms with Gasteiger partial charge >= 0.3 is 0 Å². The smallest absolute Gasteiger partial charge is 0.292 e. The molecule has 188 valence electrons. The Balaban J connectivity index is 1.61. The Morgan fingerprint density at radius 2 is 1.86 bits per heavy atom. The van der Waals surface area contributed by atoms with E-state index in [1.165, 1.54) is 6.92 Å². The van der Waals surface area contributed by atoms with Crippen LogP contribution >= 0.6 is 11.6 Å². The number of amides is 2. The van der Waals surface area contributed by atoms with Crippen molar-refractivity contribution in [3.05, 3.63) is 51.3 Å². The van der Waals surface area contributed by atoms with E-state index in [4.69, 9.17) is 11.6 Å². The molecule has 2 heterocycles. The fraction of sp³-hybridized carbons (Fsp3) is 0.435. The van der Waals surface area contributed by atoms with Gasteiger partial charge in [-0.05, 0) is 38.4 Å². The second-order valence-corrected chi connectivity index (χ2v) is 9.47. The highest BCUT2D eigenvalue weighted by Crippen LogP contribution is 2.45. The lowest BCUT2D eigenvalue weighted by Gasteiger charge is -2.47. The number of ketones is 1. The summed E-state index contributed by atoms with van der Waals surface area (Å²) in [5.74, 6) is -8.06. The monoisotopic (exact) mass is 514 g/mol. The van der Waals surface area contributed by atoms with Crippen LogP contribution < -0.4 is 16.0 Å². The average molecular weight is 515 g/mol. The molecular weight excluding hydrogens is 492 g/mol. The maximum atomic E-state index is 13.7. The second kappa shape index (κ2) is 8.94. The summed E-state index contributed by atoms with van der Waals surface area (Å²) in [4.78, 5) is 39.0. The Hall–Kier alpha value is -2.92. The third kappa shape index (κ3) is 4.54. The molecule has 1 fully saturated rings. The lowest BCUT2D eigenvalue weighted by Crippen LogP contribution is -2.67. The van der Waals surface area contributed by atoms with Gasteiger partial charge in [0.25, 0.3) is 23.5 Å². The van der Waals surface area contributed by atoms with Crippen LogP contribution in [-0.4, -0.2) is 47.2 Å². The van der Waals surface area contributed by atoms with E-state index in [9.17, 15) is 31.9 Å². The highest BCUT2D eigenvalue weighted by molar-refractivity contribution is 6.44. The number of likely N-dealkylation sites (N-methyl/N-ethyl adjacent to an activating group) is 1. The summed E-state index contributed by atoms with van der Waals surface area (Å²) in [6.45, 7) is 1.97. The number of nitrogens with zero attached hydrogens (tertiary/aromatic N) is 1. The predicted octanol–water partition coefficient (Wildman–Crippen LogP) is 3.61. The number of fused-ring (bicyclic) bond motifs is 1. The highest BCUT2D eigenvalue weighted by Gasteiger charge is 2.57. The molecular formula is C23H23ClF4N4O3. The van der Waals surface area contributed by atoms with Crippen molar-refractivity contribution < 1.29 is 31.9 Å². The molecule has 0 atom stereocenters. The summed E-state index contributed by atoms with van der Waals surface area (Å²) in [7, 11) is 1.56. The normalized spacial score (nSPS) is 17.5. The van der Waals surface area contributed by atoms with E-state index in [-0.39, 0.29) is 29.1 Å². The molecule has 2 amide bonds. The van der Waals surface area contributed by atoms with Crippen LogP contribution in [0, 0.1) is 18.6 Å². The van der Waals surface area contributed by atoms with Gasteiger partial charge in [-0.2, -0.15) is 0 Å². The van der Waals surface area contributed by atoms with Gasteiger partial charge in [-0.1, -0.05) is 11.6 Å². The van der Waals surface area contributed by atoms with Gasteiger partial charge in [0.15, 0.2) is 11.6 Å². The molecule has 3 N–H and O–H groups in total. The summed E-state index contributed by atoms with van der Waals surface area (Å²) < 4.78 is 55.9. The molecule has 7 nitrogen and oxygen atoms in total. The number of carbonyl (C=O) groups is 3. The van der Waals surface area contributed by atoms with Gasteiger partial charge in [-0.25, -0.2) is 17.6 Å². The molecule has 1 aliphatic heterocycles. The van der Waals surface area contributed by atoms with Crippen molar-refractivity contribution in [3.63, 3.8) is 0 Å². The first kappa shape index (κ1) is 25.2. The molecule has 0 radical (unpaired) electrons. The number of anilines is 1. The summed E-state index contributed by atoms with van der Waals surface area (Å²) in [6.07, 6.45) is -0.127. The van der Waals surface area contributed by atoms with Crippen LogP contribution in [0.2, 0.25) is 5.02 Å². The second-order valence-electron chi connectivity index (χ2n) is 9.06. The fourth-order valence-corrected chi connectivity index (χ4v) is 5.28. The summed E-state index contributed by atoms with van der Waals surface area (Å²) in [6, 6.07) is 1.83. The maximum absolute atomic E-state index is 13.7. The number of alkyl halides is 2. The first-order valence-corrected chi connectivity index (χ1v) is 11.3. The van der Waals surface area contributed by atoms with Gasteiger partial charge in [-0.3, -0.25) is 14.4 Å². The van der Waals surface area contributed by atoms with E-state index in [0.29, 0.717) is 25.1 Å². The van der Waals surface area contributed by atoms with E-state index < -0.39 is 58.6 Å². The van der Waals surface area contributed by atoms with Gasteiger partial charge in [-0.15, -0.1) is 0 Å². The first-order valence-electron chi connectivity index (χ1n) is 11.0. The zero-order valence-corrected chi connectivity index (χ0v) is 19.7. The molecule has 2 aromatic rings. The number of nitrogens with one attached hydrogen (secondary N) is 3. The Morgan fingerprint density at radius 1 is 1.17 bits per heavy atom. The molecule has 1 aromatic carbocycles. The van der Waals surface area contributed by atoms with Gasteiger partial charge in [0.1, 0.15) is 5.69 Å². The molecule has 1 aromatic heterocycles. The topological polar surface area (TPSA) is 92.2 Å². The molecule has 4 rings (SSSR count). The number of halogens is 5. The summed E-state index contributed by atoms with van der Waals surface area (Å²) >= 11 is 5.65. The van der Waals surface area contributed by atoms with Crippen LogP contribution in [0.1, 0.15) is 51.4 Å². The minimum absolute atomic E-state index is 0.0409.